The molecule has 1 aliphatic heterocycles. The summed E-state index contributed by atoms with van der Waals surface area (Å²) in [6.45, 7) is 7.07. The number of piperazine rings is 1. The van der Waals surface area contributed by atoms with Crippen molar-refractivity contribution < 1.29 is 19.1 Å². The van der Waals surface area contributed by atoms with E-state index in [4.69, 9.17) is 4.74 Å². The SMILES string of the molecule is CCC(C)C(NC(=O)Nc1ccc(OC)cc1)C(=O)N1CCN(C(=O)Nc2ccccc2)C(C)C1. The van der Waals surface area contributed by atoms with Gasteiger partial charge < -0.3 is 30.5 Å². The number of nitrogens with zero attached hydrogens (tertiary/aromatic N) is 2. The molecule has 2 aromatic carbocycles. The molecule has 188 valence electrons. The van der Waals surface area contributed by atoms with Gasteiger partial charge in [0.1, 0.15) is 11.8 Å². The number of hydrogen-bond acceptors (Lipinski definition) is 4. The van der Waals surface area contributed by atoms with Crippen molar-refractivity contribution in [3.63, 3.8) is 0 Å². The van der Waals surface area contributed by atoms with E-state index in [0.29, 0.717) is 31.1 Å². The van der Waals surface area contributed by atoms with Crippen molar-refractivity contribution in [2.75, 3.05) is 37.4 Å². The third-order valence-electron chi connectivity index (χ3n) is 6.34. The Kier molecular flexibility index (Phi) is 8.94. The van der Waals surface area contributed by atoms with Crippen LogP contribution in [0.1, 0.15) is 27.2 Å². The summed E-state index contributed by atoms with van der Waals surface area (Å²) in [6, 6.07) is 14.8. The highest BCUT2D eigenvalue weighted by Crippen LogP contribution is 2.18. The highest BCUT2D eigenvalue weighted by molar-refractivity contribution is 5.94. The zero-order valence-corrected chi connectivity index (χ0v) is 20.8. The van der Waals surface area contributed by atoms with Crippen LogP contribution in [-0.2, 0) is 4.79 Å². The predicted molar refractivity (Wildman–Crippen MR) is 137 cm³/mol. The number of ether oxygens (including phenoxy) is 1. The smallest absolute Gasteiger partial charge is 0.322 e. The summed E-state index contributed by atoms with van der Waals surface area (Å²) in [6.07, 6.45) is 0.730. The summed E-state index contributed by atoms with van der Waals surface area (Å²) in [4.78, 5) is 42.3. The standard InChI is InChI=1S/C26H35N5O4/c1-5-18(2)23(29-25(33)27-21-11-13-22(35-4)14-12-21)24(32)30-15-16-31(19(3)17-30)26(34)28-20-9-7-6-8-10-20/h6-14,18-19,23H,5,15-17H2,1-4H3,(H,28,34)(H2,27,29,33). The van der Waals surface area contributed by atoms with Crippen molar-refractivity contribution in [1.82, 2.24) is 15.1 Å². The van der Waals surface area contributed by atoms with Crippen molar-refractivity contribution >= 4 is 29.3 Å². The Balaban J connectivity index is 1.60. The number of para-hydroxylation sites is 1. The summed E-state index contributed by atoms with van der Waals surface area (Å²) in [5.41, 5.74) is 1.33. The molecular weight excluding hydrogens is 446 g/mol. The third kappa shape index (κ3) is 6.88. The number of carbonyl (C=O) groups is 3. The largest absolute Gasteiger partial charge is 0.497 e. The zero-order chi connectivity index (χ0) is 25.4. The van der Waals surface area contributed by atoms with Crippen molar-refractivity contribution in [3.8, 4) is 5.75 Å². The average Bonchev–Trinajstić information content (AvgIpc) is 2.87. The summed E-state index contributed by atoms with van der Waals surface area (Å²) >= 11 is 0. The van der Waals surface area contributed by atoms with E-state index in [1.165, 1.54) is 0 Å². The van der Waals surface area contributed by atoms with Crippen LogP contribution in [0.15, 0.2) is 54.6 Å². The first-order valence-corrected chi connectivity index (χ1v) is 11.9. The molecule has 9 nitrogen and oxygen atoms in total. The maximum Gasteiger partial charge on any atom is 0.322 e. The molecule has 0 aromatic heterocycles. The monoisotopic (exact) mass is 481 g/mol. The van der Waals surface area contributed by atoms with E-state index in [1.54, 1.807) is 41.2 Å². The number of benzene rings is 2. The molecule has 1 aliphatic rings. The first-order chi connectivity index (χ1) is 16.8. The number of carbonyl (C=O) groups excluding carboxylic acids is 3. The maximum absolute atomic E-state index is 13.4. The van der Waals surface area contributed by atoms with Crippen LogP contribution in [-0.4, -0.2) is 66.6 Å². The fourth-order valence-electron chi connectivity index (χ4n) is 4.04. The summed E-state index contributed by atoms with van der Waals surface area (Å²) in [5, 5.41) is 8.54. The average molecular weight is 482 g/mol. The normalized spacial score (nSPS) is 17.2. The van der Waals surface area contributed by atoms with Crippen LogP contribution in [0.4, 0.5) is 21.0 Å². The van der Waals surface area contributed by atoms with Gasteiger partial charge in [0.05, 0.1) is 7.11 Å². The number of rotatable bonds is 7. The lowest BCUT2D eigenvalue weighted by molar-refractivity contribution is -0.136. The second-order valence-electron chi connectivity index (χ2n) is 8.81. The van der Waals surface area contributed by atoms with E-state index in [9.17, 15) is 14.4 Å². The first kappa shape index (κ1) is 25.9. The van der Waals surface area contributed by atoms with Gasteiger partial charge in [-0.15, -0.1) is 0 Å². The molecule has 1 heterocycles. The minimum Gasteiger partial charge on any atom is -0.497 e. The molecule has 0 spiro atoms. The maximum atomic E-state index is 13.4. The van der Waals surface area contributed by atoms with Crippen molar-refractivity contribution in [2.45, 2.75) is 39.3 Å². The highest BCUT2D eigenvalue weighted by Gasteiger charge is 2.35. The molecule has 3 N–H and O–H groups in total. The van der Waals surface area contributed by atoms with Crippen LogP contribution >= 0.6 is 0 Å². The number of amides is 5. The van der Waals surface area contributed by atoms with Gasteiger partial charge >= 0.3 is 12.1 Å². The van der Waals surface area contributed by atoms with Crippen LogP contribution in [0.2, 0.25) is 0 Å². The van der Waals surface area contributed by atoms with Crippen LogP contribution in [0.5, 0.6) is 5.75 Å². The van der Waals surface area contributed by atoms with Crippen molar-refractivity contribution in [2.24, 2.45) is 5.92 Å². The molecule has 1 saturated heterocycles. The topological polar surface area (TPSA) is 103 Å². The van der Waals surface area contributed by atoms with Gasteiger partial charge in [0.2, 0.25) is 5.91 Å². The van der Waals surface area contributed by atoms with E-state index >= 15 is 0 Å². The zero-order valence-electron chi connectivity index (χ0n) is 20.8. The molecule has 2 aromatic rings. The Bertz CT molecular complexity index is 999. The second kappa shape index (κ2) is 12.1. The molecule has 35 heavy (non-hydrogen) atoms. The molecule has 0 aliphatic carbocycles. The second-order valence-corrected chi connectivity index (χ2v) is 8.81. The van der Waals surface area contributed by atoms with Gasteiger partial charge in [-0.3, -0.25) is 4.79 Å². The van der Waals surface area contributed by atoms with Crippen LogP contribution in [0.25, 0.3) is 0 Å². The minimum absolute atomic E-state index is 0.0566. The third-order valence-corrected chi connectivity index (χ3v) is 6.34. The Morgan fingerprint density at radius 1 is 1.00 bits per heavy atom. The van der Waals surface area contributed by atoms with Gasteiger partial charge in [0, 0.05) is 37.1 Å². The van der Waals surface area contributed by atoms with Crippen LogP contribution < -0.4 is 20.7 Å². The van der Waals surface area contributed by atoms with Crippen LogP contribution in [0.3, 0.4) is 0 Å². The molecule has 3 rings (SSSR count). The van der Waals surface area contributed by atoms with Crippen molar-refractivity contribution in [1.29, 1.82) is 0 Å². The first-order valence-electron chi connectivity index (χ1n) is 11.9. The molecular formula is C26H35N5O4. The van der Waals surface area contributed by atoms with Crippen molar-refractivity contribution in [3.05, 3.63) is 54.6 Å². The predicted octanol–water partition coefficient (Wildman–Crippen LogP) is 4.00. The Labute approximate surface area is 206 Å². The van der Waals surface area contributed by atoms with E-state index in [1.807, 2.05) is 51.1 Å². The Hall–Kier alpha value is -3.75. The molecule has 3 unspecified atom stereocenters. The quantitative estimate of drug-likeness (QED) is 0.556. The minimum atomic E-state index is -0.671. The van der Waals surface area contributed by atoms with Gasteiger partial charge in [-0.05, 0) is 49.2 Å². The van der Waals surface area contributed by atoms with Gasteiger partial charge in [-0.25, -0.2) is 9.59 Å². The molecule has 0 bridgehead atoms. The van der Waals surface area contributed by atoms with E-state index in [2.05, 4.69) is 16.0 Å². The number of nitrogens with one attached hydrogen (secondary N) is 3. The highest BCUT2D eigenvalue weighted by atomic mass is 16.5. The molecule has 0 saturated carbocycles. The fraction of sp³-hybridized carbons (Fsp3) is 0.423. The Morgan fingerprint density at radius 2 is 1.66 bits per heavy atom. The van der Waals surface area contributed by atoms with E-state index in [-0.39, 0.29) is 23.9 Å². The molecule has 9 heteroatoms. The molecule has 3 atom stereocenters. The van der Waals surface area contributed by atoms with Gasteiger partial charge in [0.25, 0.3) is 0 Å². The molecule has 0 radical (unpaired) electrons. The lowest BCUT2D eigenvalue weighted by Crippen LogP contribution is -2.60. The summed E-state index contributed by atoms with van der Waals surface area (Å²) in [7, 11) is 1.58. The Morgan fingerprint density at radius 3 is 2.26 bits per heavy atom. The number of methoxy groups -OCH3 is 1. The molecule has 1 fully saturated rings. The summed E-state index contributed by atoms with van der Waals surface area (Å²) < 4.78 is 5.14. The lowest BCUT2D eigenvalue weighted by Gasteiger charge is -2.41. The fourth-order valence-corrected chi connectivity index (χ4v) is 4.04. The lowest BCUT2D eigenvalue weighted by atomic mass is 9.97. The summed E-state index contributed by atoms with van der Waals surface area (Å²) in [5.74, 6) is 0.493. The van der Waals surface area contributed by atoms with Gasteiger partial charge in [0.15, 0.2) is 0 Å². The number of hydrogen-bond donors (Lipinski definition) is 3. The van der Waals surface area contributed by atoms with Gasteiger partial charge in [-0.2, -0.15) is 0 Å². The number of urea groups is 2. The number of anilines is 2. The van der Waals surface area contributed by atoms with E-state index in [0.717, 1.165) is 12.1 Å². The van der Waals surface area contributed by atoms with E-state index < -0.39 is 12.1 Å². The van der Waals surface area contributed by atoms with Crippen LogP contribution in [0, 0.1) is 5.92 Å². The van der Waals surface area contributed by atoms with Gasteiger partial charge in [-0.1, -0.05) is 38.5 Å². The molecule has 5 amide bonds.